The third kappa shape index (κ3) is 5.95. The second kappa shape index (κ2) is 11.2. The zero-order valence-electron chi connectivity index (χ0n) is 20.3. The molecule has 1 aliphatic carbocycles. The Morgan fingerprint density at radius 2 is 1.56 bits per heavy atom. The van der Waals surface area contributed by atoms with E-state index >= 15 is 0 Å². The monoisotopic (exact) mass is 466 g/mol. The standard InChI is InChI=1S/C27H34N2O5/c1-17(2)13-19(14-25(30)29(4)18(3)26(31)32)15-28-27(33)34-16-24-22-11-7-5-9-20(22)21-10-6-8-12-23(21)24/h5-12,17-19,24H,13-16H2,1-4H3,(H,28,33)(H,31,32)/t18-,19-/m0/s1. The number of amides is 2. The van der Waals surface area contributed by atoms with Crippen molar-refractivity contribution in [1.82, 2.24) is 10.2 Å². The largest absolute Gasteiger partial charge is 0.480 e. The Morgan fingerprint density at radius 3 is 2.09 bits per heavy atom. The van der Waals surface area contributed by atoms with Gasteiger partial charge in [0.1, 0.15) is 12.6 Å². The quantitative estimate of drug-likeness (QED) is 0.537. The van der Waals surface area contributed by atoms with Crippen LogP contribution < -0.4 is 5.32 Å². The van der Waals surface area contributed by atoms with E-state index in [2.05, 4.69) is 29.6 Å². The van der Waals surface area contributed by atoms with E-state index in [9.17, 15) is 14.4 Å². The molecule has 1 aliphatic rings. The number of nitrogens with zero attached hydrogens (tertiary/aromatic N) is 1. The minimum absolute atomic E-state index is 0.0163. The van der Waals surface area contributed by atoms with Crippen LogP contribution >= 0.6 is 0 Å². The minimum Gasteiger partial charge on any atom is -0.480 e. The lowest BCUT2D eigenvalue weighted by molar-refractivity contribution is -0.148. The molecular weight excluding hydrogens is 432 g/mol. The van der Waals surface area contributed by atoms with Gasteiger partial charge in [-0.2, -0.15) is 0 Å². The number of rotatable bonds is 10. The minimum atomic E-state index is -1.05. The van der Waals surface area contributed by atoms with E-state index in [1.54, 1.807) is 0 Å². The van der Waals surface area contributed by atoms with Crippen LogP contribution in [-0.4, -0.2) is 54.2 Å². The van der Waals surface area contributed by atoms with Crippen LogP contribution in [0.25, 0.3) is 11.1 Å². The maximum atomic E-state index is 12.6. The van der Waals surface area contributed by atoms with Crippen molar-refractivity contribution in [2.45, 2.75) is 45.6 Å². The Morgan fingerprint density at radius 1 is 1.00 bits per heavy atom. The molecule has 7 heteroatoms. The number of ether oxygens (including phenoxy) is 1. The van der Waals surface area contributed by atoms with Crippen LogP contribution in [0, 0.1) is 11.8 Å². The van der Waals surface area contributed by atoms with Crippen LogP contribution in [0.2, 0.25) is 0 Å². The van der Waals surface area contributed by atoms with Gasteiger partial charge in [0, 0.05) is 25.9 Å². The van der Waals surface area contributed by atoms with E-state index in [4.69, 9.17) is 9.84 Å². The SMILES string of the molecule is CC(C)C[C@H](CNC(=O)OCC1c2ccccc2-c2ccccc21)CC(=O)N(C)[C@@H](C)C(=O)O. The molecule has 0 aliphatic heterocycles. The number of carboxylic acids is 1. The van der Waals surface area contributed by atoms with E-state index in [1.807, 2.05) is 38.1 Å². The normalized spacial score (nSPS) is 14.1. The van der Waals surface area contributed by atoms with Gasteiger partial charge in [-0.25, -0.2) is 9.59 Å². The fourth-order valence-corrected chi connectivity index (χ4v) is 4.56. The third-order valence-electron chi connectivity index (χ3n) is 6.48. The number of benzene rings is 2. The molecule has 0 heterocycles. The van der Waals surface area contributed by atoms with E-state index in [0.717, 1.165) is 17.5 Å². The van der Waals surface area contributed by atoms with Gasteiger partial charge in [0.15, 0.2) is 0 Å². The van der Waals surface area contributed by atoms with Crippen molar-refractivity contribution >= 4 is 18.0 Å². The highest BCUT2D eigenvalue weighted by atomic mass is 16.5. The first-order valence-corrected chi connectivity index (χ1v) is 11.8. The van der Waals surface area contributed by atoms with E-state index < -0.39 is 18.1 Å². The summed E-state index contributed by atoms with van der Waals surface area (Å²) in [6, 6.07) is 15.4. The Labute approximate surface area is 201 Å². The third-order valence-corrected chi connectivity index (χ3v) is 6.48. The molecule has 7 nitrogen and oxygen atoms in total. The molecule has 0 aromatic heterocycles. The topological polar surface area (TPSA) is 95.9 Å². The number of nitrogens with one attached hydrogen (secondary N) is 1. The molecular formula is C27H34N2O5. The Balaban J connectivity index is 1.57. The molecule has 34 heavy (non-hydrogen) atoms. The number of carboxylic acid groups (broad SMARTS) is 1. The van der Waals surface area contributed by atoms with Gasteiger partial charge < -0.3 is 20.1 Å². The molecule has 2 atom stereocenters. The maximum Gasteiger partial charge on any atom is 0.407 e. The van der Waals surface area contributed by atoms with Gasteiger partial charge in [-0.05, 0) is 47.4 Å². The van der Waals surface area contributed by atoms with Crippen molar-refractivity contribution in [3.8, 4) is 11.1 Å². The molecule has 0 radical (unpaired) electrons. The molecule has 2 aromatic carbocycles. The molecule has 0 unspecified atom stereocenters. The van der Waals surface area contributed by atoms with Crippen LogP contribution in [-0.2, 0) is 14.3 Å². The smallest absolute Gasteiger partial charge is 0.407 e. The molecule has 0 bridgehead atoms. The first-order valence-electron chi connectivity index (χ1n) is 11.8. The second-order valence-electron chi connectivity index (χ2n) is 9.43. The number of carbonyl (C=O) groups is 3. The molecule has 3 rings (SSSR count). The number of alkyl carbamates (subject to hydrolysis) is 1. The number of aliphatic carboxylic acids is 1. The molecule has 2 aromatic rings. The number of hydrogen-bond donors (Lipinski definition) is 2. The van der Waals surface area contributed by atoms with Crippen molar-refractivity contribution in [2.75, 3.05) is 20.2 Å². The average molecular weight is 467 g/mol. The average Bonchev–Trinajstić information content (AvgIpc) is 3.13. The van der Waals surface area contributed by atoms with Crippen molar-refractivity contribution in [3.63, 3.8) is 0 Å². The highest BCUT2D eigenvalue weighted by Crippen LogP contribution is 2.44. The Bertz CT molecular complexity index is 990. The summed E-state index contributed by atoms with van der Waals surface area (Å²) in [5.41, 5.74) is 4.63. The first-order chi connectivity index (χ1) is 16.2. The zero-order valence-corrected chi connectivity index (χ0v) is 20.3. The van der Waals surface area contributed by atoms with Crippen LogP contribution in [0.5, 0.6) is 0 Å². The fourth-order valence-electron chi connectivity index (χ4n) is 4.56. The van der Waals surface area contributed by atoms with Crippen LogP contribution in [0.15, 0.2) is 48.5 Å². The summed E-state index contributed by atoms with van der Waals surface area (Å²) >= 11 is 0. The van der Waals surface area contributed by atoms with Crippen molar-refractivity contribution in [2.24, 2.45) is 11.8 Å². The van der Waals surface area contributed by atoms with Gasteiger partial charge in [-0.3, -0.25) is 4.79 Å². The first kappa shape index (κ1) is 25.3. The summed E-state index contributed by atoms with van der Waals surface area (Å²) in [5.74, 6) is -1.11. The molecule has 0 spiro atoms. The Hall–Kier alpha value is -3.35. The second-order valence-corrected chi connectivity index (χ2v) is 9.43. The lowest BCUT2D eigenvalue weighted by Crippen LogP contribution is -2.42. The summed E-state index contributed by atoms with van der Waals surface area (Å²) in [5, 5.41) is 12.0. The summed E-state index contributed by atoms with van der Waals surface area (Å²) in [6.45, 7) is 6.09. The van der Waals surface area contributed by atoms with Gasteiger partial charge in [0.05, 0.1) is 0 Å². The predicted molar refractivity (Wildman–Crippen MR) is 131 cm³/mol. The van der Waals surface area contributed by atoms with Crippen molar-refractivity contribution in [1.29, 1.82) is 0 Å². The molecule has 2 amide bonds. The highest BCUT2D eigenvalue weighted by molar-refractivity contribution is 5.83. The van der Waals surface area contributed by atoms with E-state index in [-0.39, 0.29) is 37.3 Å². The van der Waals surface area contributed by atoms with E-state index in [1.165, 1.54) is 30.0 Å². The lowest BCUT2D eigenvalue weighted by atomic mass is 9.93. The van der Waals surface area contributed by atoms with Gasteiger partial charge >= 0.3 is 12.1 Å². The number of hydrogen-bond acceptors (Lipinski definition) is 4. The van der Waals surface area contributed by atoms with Gasteiger partial charge in [-0.1, -0.05) is 62.4 Å². The van der Waals surface area contributed by atoms with Crippen LogP contribution in [0.1, 0.15) is 50.7 Å². The van der Waals surface area contributed by atoms with Crippen molar-refractivity contribution < 1.29 is 24.2 Å². The maximum absolute atomic E-state index is 12.6. The van der Waals surface area contributed by atoms with Crippen LogP contribution in [0.4, 0.5) is 4.79 Å². The predicted octanol–water partition coefficient (Wildman–Crippen LogP) is 4.51. The Kier molecular flexibility index (Phi) is 8.31. The molecule has 0 fully saturated rings. The van der Waals surface area contributed by atoms with E-state index in [0.29, 0.717) is 5.92 Å². The summed E-state index contributed by atoms with van der Waals surface area (Å²) in [6.07, 6.45) is 0.371. The number of carbonyl (C=O) groups excluding carboxylic acids is 2. The van der Waals surface area contributed by atoms with Gasteiger partial charge in [-0.15, -0.1) is 0 Å². The number of likely N-dealkylation sites (N-methyl/N-ethyl adjacent to an activating group) is 1. The van der Waals surface area contributed by atoms with Gasteiger partial charge in [0.25, 0.3) is 0 Å². The molecule has 182 valence electrons. The number of fused-ring (bicyclic) bond motifs is 3. The lowest BCUT2D eigenvalue weighted by Gasteiger charge is -2.25. The summed E-state index contributed by atoms with van der Waals surface area (Å²) in [4.78, 5) is 37.5. The van der Waals surface area contributed by atoms with Crippen LogP contribution in [0.3, 0.4) is 0 Å². The fraction of sp³-hybridized carbons (Fsp3) is 0.444. The molecule has 2 N–H and O–H groups in total. The molecule has 0 saturated carbocycles. The summed E-state index contributed by atoms with van der Waals surface area (Å²) < 4.78 is 5.59. The zero-order chi connectivity index (χ0) is 24.8. The summed E-state index contributed by atoms with van der Waals surface area (Å²) in [7, 11) is 1.49. The highest BCUT2D eigenvalue weighted by Gasteiger charge is 2.29. The molecule has 0 saturated heterocycles. The van der Waals surface area contributed by atoms with Crippen molar-refractivity contribution in [3.05, 3.63) is 59.7 Å². The van der Waals surface area contributed by atoms with Gasteiger partial charge in [0.2, 0.25) is 5.91 Å².